The van der Waals surface area contributed by atoms with Crippen molar-refractivity contribution in [2.24, 2.45) is 0 Å². The van der Waals surface area contributed by atoms with Crippen molar-refractivity contribution < 1.29 is 9.53 Å². The highest BCUT2D eigenvalue weighted by molar-refractivity contribution is 5.85. The molecule has 0 radical (unpaired) electrons. The maximum absolute atomic E-state index is 11.7. The first-order valence-corrected chi connectivity index (χ1v) is 6.98. The van der Waals surface area contributed by atoms with Gasteiger partial charge in [0.05, 0.1) is 11.6 Å². The van der Waals surface area contributed by atoms with Crippen LogP contribution in [0, 0.1) is 11.3 Å². The first-order valence-electron chi connectivity index (χ1n) is 6.98. The van der Waals surface area contributed by atoms with E-state index in [0.29, 0.717) is 11.3 Å². The van der Waals surface area contributed by atoms with Gasteiger partial charge in [0, 0.05) is 5.69 Å². The number of hydrogen-bond acceptors (Lipinski definition) is 3. The molecule has 0 atom stereocenters. The molecule has 0 heterocycles. The molecule has 0 spiro atoms. The molecule has 0 aliphatic carbocycles. The third-order valence-electron chi connectivity index (χ3n) is 2.89. The zero-order valence-corrected chi connectivity index (χ0v) is 12.9. The highest BCUT2D eigenvalue weighted by Crippen LogP contribution is 2.24. The number of ether oxygens (including phenoxy) is 1. The van der Waals surface area contributed by atoms with Crippen molar-refractivity contribution >= 4 is 11.8 Å². The lowest BCUT2D eigenvalue weighted by atomic mass is 10.0. The average Bonchev–Trinajstić information content (AvgIpc) is 2.46. The number of amides is 1. The second-order valence-corrected chi connectivity index (χ2v) is 5.86. The van der Waals surface area contributed by atoms with Crippen LogP contribution in [0.5, 0.6) is 0 Å². The summed E-state index contributed by atoms with van der Waals surface area (Å²) in [4.78, 5) is 11.7. The Morgan fingerprint density at radius 3 is 2.32 bits per heavy atom. The van der Waals surface area contributed by atoms with Crippen molar-refractivity contribution in [3.05, 3.63) is 54.1 Å². The van der Waals surface area contributed by atoms with Crippen LogP contribution in [0.3, 0.4) is 0 Å². The lowest BCUT2D eigenvalue weighted by Crippen LogP contribution is -2.27. The van der Waals surface area contributed by atoms with E-state index in [0.717, 1.165) is 11.1 Å². The van der Waals surface area contributed by atoms with Gasteiger partial charge in [0.2, 0.25) is 0 Å². The summed E-state index contributed by atoms with van der Waals surface area (Å²) in [6.45, 7) is 5.44. The van der Waals surface area contributed by atoms with E-state index in [4.69, 9.17) is 10.00 Å². The van der Waals surface area contributed by atoms with Crippen molar-refractivity contribution in [2.45, 2.75) is 26.4 Å². The molecule has 1 amide bonds. The third-order valence-corrected chi connectivity index (χ3v) is 2.89. The SMILES string of the molecule is CC(C)(C)OC(=O)Nc1ccc(-c2ccccc2C#N)cc1. The lowest BCUT2D eigenvalue weighted by Gasteiger charge is -2.19. The number of carbonyl (C=O) groups excluding carboxylic acids is 1. The van der Waals surface area contributed by atoms with Gasteiger partial charge in [-0.05, 0) is 50.1 Å². The molecular weight excluding hydrogens is 276 g/mol. The topological polar surface area (TPSA) is 62.1 Å². The van der Waals surface area contributed by atoms with Crippen LogP contribution >= 0.6 is 0 Å². The third kappa shape index (κ3) is 4.10. The summed E-state index contributed by atoms with van der Waals surface area (Å²) < 4.78 is 5.20. The molecule has 0 bridgehead atoms. The Morgan fingerprint density at radius 1 is 1.09 bits per heavy atom. The Kier molecular flexibility index (Phi) is 4.47. The van der Waals surface area contributed by atoms with Gasteiger partial charge in [-0.3, -0.25) is 5.32 Å². The Balaban J connectivity index is 2.14. The van der Waals surface area contributed by atoms with Gasteiger partial charge in [0.1, 0.15) is 5.60 Å². The number of benzene rings is 2. The molecule has 4 nitrogen and oxygen atoms in total. The average molecular weight is 294 g/mol. The molecule has 0 saturated carbocycles. The first kappa shape index (κ1) is 15.6. The number of nitrogens with zero attached hydrogens (tertiary/aromatic N) is 1. The van der Waals surface area contributed by atoms with E-state index < -0.39 is 11.7 Å². The van der Waals surface area contributed by atoms with E-state index in [1.54, 1.807) is 18.2 Å². The fraction of sp³-hybridized carbons (Fsp3) is 0.222. The number of nitrogens with one attached hydrogen (secondary N) is 1. The molecule has 0 saturated heterocycles. The van der Waals surface area contributed by atoms with Crippen molar-refractivity contribution in [2.75, 3.05) is 5.32 Å². The zero-order valence-electron chi connectivity index (χ0n) is 12.9. The van der Waals surface area contributed by atoms with E-state index in [-0.39, 0.29) is 0 Å². The summed E-state index contributed by atoms with van der Waals surface area (Å²) in [5.41, 5.74) is 2.53. The molecule has 2 aromatic carbocycles. The monoisotopic (exact) mass is 294 g/mol. The number of rotatable bonds is 2. The molecular formula is C18H18N2O2. The van der Waals surface area contributed by atoms with Crippen molar-refractivity contribution in [1.29, 1.82) is 5.26 Å². The highest BCUT2D eigenvalue weighted by Gasteiger charge is 2.16. The smallest absolute Gasteiger partial charge is 0.412 e. The van der Waals surface area contributed by atoms with Crippen LogP contribution in [0.25, 0.3) is 11.1 Å². The standard InChI is InChI=1S/C18H18N2O2/c1-18(2,3)22-17(21)20-15-10-8-13(9-11-15)16-7-5-4-6-14(16)12-19/h4-11H,1-3H3,(H,20,21). The molecule has 0 aliphatic rings. The molecule has 0 aromatic heterocycles. The van der Waals surface area contributed by atoms with Gasteiger partial charge < -0.3 is 4.74 Å². The number of carbonyl (C=O) groups is 1. The molecule has 2 aromatic rings. The summed E-state index contributed by atoms with van der Waals surface area (Å²) in [5.74, 6) is 0. The van der Waals surface area contributed by atoms with Crippen molar-refractivity contribution in [3.8, 4) is 17.2 Å². The van der Waals surface area contributed by atoms with Gasteiger partial charge in [0.15, 0.2) is 0 Å². The van der Waals surface area contributed by atoms with Crippen LogP contribution in [-0.2, 0) is 4.74 Å². The molecule has 1 N–H and O–H groups in total. The molecule has 0 unspecified atom stereocenters. The first-order chi connectivity index (χ1) is 10.4. The lowest BCUT2D eigenvalue weighted by molar-refractivity contribution is 0.0636. The number of hydrogen-bond donors (Lipinski definition) is 1. The van der Waals surface area contributed by atoms with Crippen LogP contribution in [0.15, 0.2) is 48.5 Å². The second-order valence-electron chi connectivity index (χ2n) is 5.86. The van der Waals surface area contributed by atoms with E-state index >= 15 is 0 Å². The molecule has 0 fully saturated rings. The highest BCUT2D eigenvalue weighted by atomic mass is 16.6. The summed E-state index contributed by atoms with van der Waals surface area (Å²) >= 11 is 0. The van der Waals surface area contributed by atoms with Crippen LogP contribution in [0.1, 0.15) is 26.3 Å². The van der Waals surface area contributed by atoms with Crippen LogP contribution in [0.2, 0.25) is 0 Å². The fourth-order valence-electron chi connectivity index (χ4n) is 1.99. The molecule has 22 heavy (non-hydrogen) atoms. The minimum Gasteiger partial charge on any atom is -0.444 e. The van der Waals surface area contributed by atoms with Crippen LogP contribution < -0.4 is 5.32 Å². The largest absolute Gasteiger partial charge is 0.444 e. The second kappa shape index (κ2) is 6.31. The predicted octanol–water partition coefficient (Wildman–Crippen LogP) is 4.57. The fourth-order valence-corrected chi connectivity index (χ4v) is 1.99. The van der Waals surface area contributed by atoms with Crippen LogP contribution in [0.4, 0.5) is 10.5 Å². The van der Waals surface area contributed by atoms with Crippen molar-refractivity contribution in [3.63, 3.8) is 0 Å². The summed E-state index contributed by atoms with van der Waals surface area (Å²) in [7, 11) is 0. The Labute approximate surface area is 130 Å². The van der Waals surface area contributed by atoms with E-state index in [9.17, 15) is 4.79 Å². The maximum Gasteiger partial charge on any atom is 0.412 e. The van der Waals surface area contributed by atoms with E-state index in [2.05, 4.69) is 11.4 Å². The zero-order chi connectivity index (χ0) is 16.2. The number of nitriles is 1. The van der Waals surface area contributed by atoms with Gasteiger partial charge in [-0.15, -0.1) is 0 Å². The van der Waals surface area contributed by atoms with Gasteiger partial charge in [0.25, 0.3) is 0 Å². The van der Waals surface area contributed by atoms with Crippen molar-refractivity contribution in [1.82, 2.24) is 0 Å². The van der Waals surface area contributed by atoms with Crippen LogP contribution in [-0.4, -0.2) is 11.7 Å². The minimum atomic E-state index is -0.532. The Hall–Kier alpha value is -2.80. The molecule has 4 heteroatoms. The Morgan fingerprint density at radius 2 is 1.73 bits per heavy atom. The van der Waals surface area contributed by atoms with E-state index in [1.807, 2.05) is 51.1 Å². The molecule has 112 valence electrons. The predicted molar refractivity (Wildman–Crippen MR) is 86.4 cm³/mol. The van der Waals surface area contributed by atoms with Gasteiger partial charge in [-0.25, -0.2) is 4.79 Å². The summed E-state index contributed by atoms with van der Waals surface area (Å²) in [6, 6.07) is 16.9. The van der Waals surface area contributed by atoms with Gasteiger partial charge >= 0.3 is 6.09 Å². The minimum absolute atomic E-state index is 0.488. The van der Waals surface area contributed by atoms with E-state index in [1.165, 1.54) is 0 Å². The summed E-state index contributed by atoms with van der Waals surface area (Å²) in [5, 5.41) is 11.8. The quantitative estimate of drug-likeness (QED) is 0.882. The normalized spacial score (nSPS) is 10.6. The maximum atomic E-state index is 11.7. The Bertz CT molecular complexity index is 707. The molecule has 0 aliphatic heterocycles. The van der Waals surface area contributed by atoms with Gasteiger partial charge in [-0.1, -0.05) is 30.3 Å². The summed E-state index contributed by atoms with van der Waals surface area (Å²) in [6.07, 6.45) is -0.488. The molecule has 2 rings (SSSR count). The van der Waals surface area contributed by atoms with Gasteiger partial charge in [-0.2, -0.15) is 5.26 Å². The number of anilines is 1.